The SMILES string of the molecule is CCCCCC1CCC(C2CCC(COOC(C)CC(OO)C3CCC(C4CCC(CCCCC)CC4)CC3)CC2)CC1. The molecule has 0 heterocycles. The molecule has 1 N–H and O–H groups in total. The molecule has 4 saturated carbocycles. The van der Waals surface area contributed by atoms with E-state index in [9.17, 15) is 5.26 Å². The molecule has 0 spiro atoms. The second-order valence-corrected chi connectivity index (χ2v) is 16.1. The topological polar surface area (TPSA) is 47.9 Å². The molecular weight excluding hydrogens is 532 g/mol. The standard InChI is InChI=1S/C39H72O4/c1-4-6-8-10-31-12-18-34(19-13-31)36-22-16-33(17-23-36)29-41-43-30(3)28-39(42-40)38-26-24-37(25-27-38)35-20-14-32(15-21-35)11-9-7-5-2/h30-40H,4-29H2,1-3H3. The van der Waals surface area contributed by atoms with Gasteiger partial charge in [0.15, 0.2) is 0 Å². The van der Waals surface area contributed by atoms with Crippen molar-refractivity contribution >= 4 is 0 Å². The Labute approximate surface area is 267 Å². The third-order valence-electron chi connectivity index (χ3n) is 13.0. The molecule has 4 nitrogen and oxygen atoms in total. The molecule has 4 aliphatic rings. The van der Waals surface area contributed by atoms with Crippen LogP contribution in [0, 0.1) is 47.3 Å². The Balaban J connectivity index is 1.04. The molecule has 0 radical (unpaired) electrons. The molecule has 0 aromatic rings. The minimum Gasteiger partial charge on any atom is -0.252 e. The van der Waals surface area contributed by atoms with Gasteiger partial charge in [-0.15, -0.1) is 0 Å². The van der Waals surface area contributed by atoms with Gasteiger partial charge in [0.1, 0.15) is 0 Å². The summed E-state index contributed by atoms with van der Waals surface area (Å²) >= 11 is 0. The number of rotatable bonds is 18. The Morgan fingerprint density at radius 1 is 0.558 bits per heavy atom. The molecule has 0 amide bonds. The first-order chi connectivity index (χ1) is 21.1. The zero-order chi connectivity index (χ0) is 30.3. The molecule has 2 atom stereocenters. The molecule has 4 aliphatic carbocycles. The molecule has 0 saturated heterocycles. The summed E-state index contributed by atoms with van der Waals surface area (Å²) in [6.07, 6.45) is 34.0. The predicted octanol–water partition coefficient (Wildman–Crippen LogP) is 12.0. The van der Waals surface area contributed by atoms with Crippen molar-refractivity contribution in [1.29, 1.82) is 0 Å². The first-order valence-electron chi connectivity index (χ1n) is 19.7. The normalized spacial score (nSPS) is 35.4. The molecule has 4 rings (SSSR count). The van der Waals surface area contributed by atoms with Crippen molar-refractivity contribution in [2.24, 2.45) is 47.3 Å². The predicted molar refractivity (Wildman–Crippen MR) is 179 cm³/mol. The van der Waals surface area contributed by atoms with Gasteiger partial charge >= 0.3 is 0 Å². The molecule has 2 unspecified atom stereocenters. The first kappa shape index (κ1) is 35.7. The lowest BCUT2D eigenvalue weighted by Gasteiger charge is -2.39. The van der Waals surface area contributed by atoms with Gasteiger partial charge in [0.05, 0.1) is 18.8 Å². The Hall–Kier alpha value is -0.160. The summed E-state index contributed by atoms with van der Waals surface area (Å²) in [7, 11) is 0. The molecule has 0 aliphatic heterocycles. The Morgan fingerprint density at radius 2 is 0.977 bits per heavy atom. The molecular formula is C39H72O4. The molecule has 0 aromatic carbocycles. The fourth-order valence-electron chi connectivity index (χ4n) is 10.0. The summed E-state index contributed by atoms with van der Waals surface area (Å²) in [5.74, 6) is 6.88. The molecule has 43 heavy (non-hydrogen) atoms. The zero-order valence-electron chi connectivity index (χ0n) is 28.8. The van der Waals surface area contributed by atoms with Crippen LogP contribution in [-0.4, -0.2) is 24.1 Å². The van der Waals surface area contributed by atoms with Crippen molar-refractivity contribution in [1.82, 2.24) is 0 Å². The second-order valence-electron chi connectivity index (χ2n) is 16.1. The lowest BCUT2D eigenvalue weighted by atomic mass is 9.68. The van der Waals surface area contributed by atoms with Crippen LogP contribution >= 0.6 is 0 Å². The van der Waals surface area contributed by atoms with Gasteiger partial charge in [-0.05, 0) is 131 Å². The number of hydrogen-bond acceptors (Lipinski definition) is 4. The molecule has 0 aromatic heterocycles. The maximum atomic E-state index is 9.79. The monoisotopic (exact) mass is 605 g/mol. The van der Waals surface area contributed by atoms with E-state index >= 15 is 0 Å². The number of unbranched alkanes of at least 4 members (excludes halogenated alkanes) is 4. The van der Waals surface area contributed by atoms with Crippen LogP contribution in [0.1, 0.15) is 181 Å². The van der Waals surface area contributed by atoms with E-state index in [1.54, 1.807) is 0 Å². The lowest BCUT2D eigenvalue weighted by Crippen LogP contribution is -2.33. The van der Waals surface area contributed by atoms with Crippen LogP contribution in [0.5, 0.6) is 0 Å². The van der Waals surface area contributed by atoms with E-state index in [1.165, 1.54) is 154 Å². The smallest absolute Gasteiger partial charge is 0.0981 e. The van der Waals surface area contributed by atoms with Crippen molar-refractivity contribution in [3.05, 3.63) is 0 Å². The van der Waals surface area contributed by atoms with Crippen LogP contribution in [0.25, 0.3) is 0 Å². The largest absolute Gasteiger partial charge is 0.252 e. The van der Waals surface area contributed by atoms with E-state index in [0.717, 1.165) is 42.1 Å². The summed E-state index contributed by atoms with van der Waals surface area (Å²) in [6.45, 7) is 7.43. The molecule has 0 bridgehead atoms. The van der Waals surface area contributed by atoms with E-state index in [2.05, 4.69) is 20.8 Å². The van der Waals surface area contributed by atoms with Gasteiger partial charge in [0.25, 0.3) is 0 Å². The van der Waals surface area contributed by atoms with Crippen LogP contribution in [0.4, 0.5) is 0 Å². The molecule has 4 heteroatoms. The number of hydrogen-bond donors (Lipinski definition) is 1. The summed E-state index contributed by atoms with van der Waals surface area (Å²) in [6, 6.07) is 0. The van der Waals surface area contributed by atoms with Crippen LogP contribution in [0.15, 0.2) is 0 Å². The third-order valence-corrected chi connectivity index (χ3v) is 13.0. The van der Waals surface area contributed by atoms with Crippen molar-refractivity contribution in [3.8, 4) is 0 Å². The summed E-state index contributed by atoms with van der Waals surface area (Å²) in [5.41, 5.74) is 0. The van der Waals surface area contributed by atoms with E-state index in [-0.39, 0.29) is 12.2 Å². The van der Waals surface area contributed by atoms with E-state index in [1.807, 2.05) is 0 Å². The van der Waals surface area contributed by atoms with Crippen LogP contribution < -0.4 is 0 Å². The van der Waals surface area contributed by atoms with Crippen molar-refractivity contribution in [2.45, 2.75) is 193 Å². The fourth-order valence-corrected chi connectivity index (χ4v) is 10.0. The van der Waals surface area contributed by atoms with Gasteiger partial charge in [0, 0.05) is 6.42 Å². The van der Waals surface area contributed by atoms with Gasteiger partial charge in [0.2, 0.25) is 0 Å². The minimum absolute atomic E-state index is 0.0540. The van der Waals surface area contributed by atoms with Gasteiger partial charge in [-0.25, -0.2) is 14.7 Å². The highest BCUT2D eigenvalue weighted by Gasteiger charge is 2.35. The van der Waals surface area contributed by atoms with E-state index in [0.29, 0.717) is 18.3 Å². The first-order valence-corrected chi connectivity index (χ1v) is 19.7. The lowest BCUT2D eigenvalue weighted by molar-refractivity contribution is -0.345. The Morgan fingerprint density at radius 3 is 1.40 bits per heavy atom. The minimum atomic E-state index is -0.133. The van der Waals surface area contributed by atoms with E-state index < -0.39 is 0 Å². The zero-order valence-corrected chi connectivity index (χ0v) is 28.8. The Kier molecular flexibility index (Phi) is 16.7. The highest BCUT2D eigenvalue weighted by atomic mass is 17.2. The van der Waals surface area contributed by atoms with Crippen LogP contribution in [0.3, 0.4) is 0 Å². The van der Waals surface area contributed by atoms with Crippen LogP contribution in [0.2, 0.25) is 0 Å². The fraction of sp³-hybridized carbons (Fsp3) is 1.00. The Bertz CT molecular complexity index is 681. The second kappa shape index (κ2) is 20.2. The van der Waals surface area contributed by atoms with Gasteiger partial charge in [-0.2, -0.15) is 0 Å². The maximum absolute atomic E-state index is 9.79. The van der Waals surface area contributed by atoms with Crippen LogP contribution in [-0.2, 0) is 14.7 Å². The van der Waals surface area contributed by atoms with Crippen molar-refractivity contribution in [3.63, 3.8) is 0 Å². The van der Waals surface area contributed by atoms with Gasteiger partial charge in [-0.3, -0.25) is 5.26 Å². The molecule has 252 valence electrons. The van der Waals surface area contributed by atoms with Crippen molar-refractivity contribution in [2.75, 3.05) is 6.61 Å². The summed E-state index contributed by atoms with van der Waals surface area (Å²) in [4.78, 5) is 16.7. The summed E-state index contributed by atoms with van der Waals surface area (Å²) < 4.78 is 0. The average Bonchev–Trinajstić information content (AvgIpc) is 3.05. The maximum Gasteiger partial charge on any atom is 0.0981 e. The third kappa shape index (κ3) is 12.2. The quantitative estimate of drug-likeness (QED) is 0.0960. The van der Waals surface area contributed by atoms with Crippen molar-refractivity contribution < 1.29 is 19.9 Å². The van der Waals surface area contributed by atoms with Gasteiger partial charge in [-0.1, -0.05) is 90.9 Å². The average molecular weight is 605 g/mol. The molecule has 4 fully saturated rings. The highest BCUT2D eigenvalue weighted by molar-refractivity contribution is 4.85. The van der Waals surface area contributed by atoms with E-state index in [4.69, 9.17) is 14.7 Å². The highest BCUT2D eigenvalue weighted by Crippen LogP contribution is 2.44. The van der Waals surface area contributed by atoms with Gasteiger partial charge < -0.3 is 0 Å². The summed E-state index contributed by atoms with van der Waals surface area (Å²) in [5, 5.41) is 9.79.